The van der Waals surface area contributed by atoms with Crippen molar-refractivity contribution in [1.29, 1.82) is 0 Å². The largest absolute Gasteiger partial charge is 0.507 e. The highest BCUT2D eigenvalue weighted by Crippen LogP contribution is 2.15. The van der Waals surface area contributed by atoms with Crippen molar-refractivity contribution in [2.75, 3.05) is 6.61 Å². The zero-order valence-corrected chi connectivity index (χ0v) is 11.1. The van der Waals surface area contributed by atoms with Crippen molar-refractivity contribution < 1.29 is 19.4 Å². The molecule has 1 aromatic carbocycles. The Morgan fingerprint density at radius 2 is 1.95 bits per heavy atom. The molecule has 0 aliphatic heterocycles. The molecule has 0 amide bonds. The van der Waals surface area contributed by atoms with Gasteiger partial charge in [-0.05, 0) is 43.3 Å². The molecule has 0 atom stereocenters. The number of carbonyl (C=O) groups is 2. The van der Waals surface area contributed by atoms with Crippen molar-refractivity contribution >= 4 is 29.1 Å². The molecule has 0 saturated carbocycles. The van der Waals surface area contributed by atoms with E-state index in [1.54, 1.807) is 31.2 Å². The van der Waals surface area contributed by atoms with Gasteiger partial charge in [0.15, 0.2) is 0 Å². The van der Waals surface area contributed by atoms with E-state index in [2.05, 4.69) is 4.74 Å². The van der Waals surface area contributed by atoms with Crippen LogP contribution in [0.4, 0.5) is 0 Å². The molecule has 0 aromatic heterocycles. The van der Waals surface area contributed by atoms with Crippen LogP contribution >= 0.6 is 11.6 Å². The van der Waals surface area contributed by atoms with E-state index in [9.17, 15) is 14.7 Å². The molecule has 0 unspecified atom stereocenters. The van der Waals surface area contributed by atoms with Gasteiger partial charge in [0, 0.05) is 10.6 Å². The smallest absolute Gasteiger partial charge is 0.379 e. The third-order valence-electron chi connectivity index (χ3n) is 2.12. The van der Waals surface area contributed by atoms with Crippen LogP contribution in [0.15, 0.2) is 42.5 Å². The predicted octanol–water partition coefficient (Wildman–Crippen LogP) is 2.93. The Bertz CT molecular complexity index is 515. The van der Waals surface area contributed by atoms with Crippen LogP contribution in [0.3, 0.4) is 0 Å². The normalized spacial score (nSPS) is 11.6. The molecule has 4 nitrogen and oxygen atoms in total. The molecule has 0 aliphatic rings. The third-order valence-corrected chi connectivity index (χ3v) is 2.37. The van der Waals surface area contributed by atoms with Crippen LogP contribution in [-0.4, -0.2) is 23.5 Å². The molecule has 5 heteroatoms. The lowest BCUT2D eigenvalue weighted by Gasteiger charge is -1.98. The molecule has 1 aromatic rings. The zero-order valence-electron chi connectivity index (χ0n) is 10.3. The second-order valence-corrected chi connectivity index (χ2v) is 3.94. The molecule has 19 heavy (non-hydrogen) atoms. The topological polar surface area (TPSA) is 63.6 Å². The summed E-state index contributed by atoms with van der Waals surface area (Å²) >= 11 is 5.72. The number of halogens is 1. The van der Waals surface area contributed by atoms with Crippen molar-refractivity contribution in [3.63, 3.8) is 0 Å². The van der Waals surface area contributed by atoms with E-state index in [4.69, 9.17) is 11.6 Å². The van der Waals surface area contributed by atoms with E-state index < -0.39 is 11.8 Å². The minimum atomic E-state index is -0.918. The highest BCUT2D eigenvalue weighted by atomic mass is 35.5. The monoisotopic (exact) mass is 280 g/mol. The van der Waals surface area contributed by atoms with Crippen molar-refractivity contribution in [3.05, 3.63) is 53.1 Å². The van der Waals surface area contributed by atoms with Crippen LogP contribution in [0, 0.1) is 0 Å². The van der Waals surface area contributed by atoms with Crippen LogP contribution in [0.5, 0.6) is 0 Å². The Morgan fingerprint density at radius 1 is 1.32 bits per heavy atom. The first-order valence-electron chi connectivity index (χ1n) is 5.59. The maximum absolute atomic E-state index is 11.2. The maximum atomic E-state index is 11.2. The summed E-state index contributed by atoms with van der Waals surface area (Å²) in [5.74, 6) is -1.73. The maximum Gasteiger partial charge on any atom is 0.379 e. The Balaban J connectivity index is 2.68. The SMILES string of the molecule is CCOC(=O)C(=O)/C=C/C=C(\O)c1ccc(Cl)cc1. The number of ketones is 1. The molecular formula is C14H13ClO4. The lowest BCUT2D eigenvalue weighted by molar-refractivity contribution is -0.151. The Hall–Kier alpha value is -2.07. The second kappa shape index (κ2) is 7.38. The van der Waals surface area contributed by atoms with Crippen molar-refractivity contribution in [1.82, 2.24) is 0 Å². The van der Waals surface area contributed by atoms with E-state index in [0.29, 0.717) is 10.6 Å². The molecule has 0 saturated heterocycles. The summed E-state index contributed by atoms with van der Waals surface area (Å²) in [7, 11) is 0. The quantitative estimate of drug-likeness (QED) is 0.296. The summed E-state index contributed by atoms with van der Waals surface area (Å²) in [5, 5.41) is 10.3. The summed E-state index contributed by atoms with van der Waals surface area (Å²) in [4.78, 5) is 22.2. The molecule has 0 radical (unpaired) electrons. The van der Waals surface area contributed by atoms with Gasteiger partial charge in [-0.3, -0.25) is 4.79 Å². The van der Waals surface area contributed by atoms with Gasteiger partial charge in [0.05, 0.1) is 6.61 Å². The highest BCUT2D eigenvalue weighted by Gasteiger charge is 2.09. The predicted molar refractivity (Wildman–Crippen MR) is 72.8 cm³/mol. The van der Waals surface area contributed by atoms with Crippen LogP contribution in [0.25, 0.3) is 5.76 Å². The first-order chi connectivity index (χ1) is 9.04. The Morgan fingerprint density at radius 3 is 2.53 bits per heavy atom. The first-order valence-corrected chi connectivity index (χ1v) is 5.96. The average molecular weight is 281 g/mol. The number of hydrogen-bond acceptors (Lipinski definition) is 4. The van der Waals surface area contributed by atoms with Crippen LogP contribution < -0.4 is 0 Å². The van der Waals surface area contributed by atoms with Crippen molar-refractivity contribution in [2.24, 2.45) is 0 Å². The van der Waals surface area contributed by atoms with Crippen molar-refractivity contribution in [2.45, 2.75) is 6.92 Å². The average Bonchev–Trinajstić information content (AvgIpc) is 2.39. The summed E-state index contributed by atoms with van der Waals surface area (Å²) in [6.07, 6.45) is 3.62. The number of benzene rings is 1. The molecule has 1 N–H and O–H groups in total. The standard InChI is InChI=1S/C14H13ClO4/c1-2-19-14(18)13(17)5-3-4-12(16)10-6-8-11(15)9-7-10/h3-9,16H,2H2,1H3/b5-3+,12-4-. The molecule has 0 heterocycles. The fourth-order valence-corrected chi connectivity index (χ4v) is 1.34. The number of aliphatic hydroxyl groups excluding tert-OH is 1. The zero-order chi connectivity index (χ0) is 14.3. The van der Waals surface area contributed by atoms with Crippen LogP contribution in [-0.2, 0) is 14.3 Å². The van der Waals surface area contributed by atoms with Gasteiger partial charge < -0.3 is 9.84 Å². The van der Waals surface area contributed by atoms with E-state index in [1.165, 1.54) is 12.2 Å². The van der Waals surface area contributed by atoms with Gasteiger partial charge in [-0.15, -0.1) is 0 Å². The number of esters is 1. The van der Waals surface area contributed by atoms with Crippen molar-refractivity contribution in [3.8, 4) is 0 Å². The third kappa shape index (κ3) is 4.97. The Labute approximate surface area is 116 Å². The van der Waals surface area contributed by atoms with Gasteiger partial charge in [-0.25, -0.2) is 4.79 Å². The molecule has 0 bridgehead atoms. The number of carbonyl (C=O) groups excluding carboxylic acids is 2. The fourth-order valence-electron chi connectivity index (χ4n) is 1.21. The number of aliphatic hydroxyl groups is 1. The van der Waals surface area contributed by atoms with Gasteiger partial charge in [0.2, 0.25) is 0 Å². The van der Waals surface area contributed by atoms with Gasteiger partial charge in [-0.2, -0.15) is 0 Å². The van der Waals surface area contributed by atoms with E-state index in [0.717, 1.165) is 6.08 Å². The van der Waals surface area contributed by atoms with Crippen LogP contribution in [0.2, 0.25) is 5.02 Å². The molecule has 0 aliphatic carbocycles. The number of allylic oxidation sites excluding steroid dienone is 2. The summed E-state index contributed by atoms with van der Waals surface area (Å²) in [6.45, 7) is 1.76. The fraction of sp³-hybridized carbons (Fsp3) is 0.143. The summed E-state index contributed by atoms with van der Waals surface area (Å²) in [5.41, 5.74) is 0.553. The molecule has 1 rings (SSSR count). The Kier molecular flexibility index (Phi) is 5.82. The number of rotatable bonds is 5. The van der Waals surface area contributed by atoms with Crippen LogP contribution in [0.1, 0.15) is 12.5 Å². The lowest BCUT2D eigenvalue weighted by Crippen LogP contribution is -2.14. The highest BCUT2D eigenvalue weighted by molar-refractivity contribution is 6.38. The van der Waals surface area contributed by atoms with E-state index in [-0.39, 0.29) is 12.4 Å². The van der Waals surface area contributed by atoms with Gasteiger partial charge in [0.1, 0.15) is 5.76 Å². The van der Waals surface area contributed by atoms with Gasteiger partial charge in [0.25, 0.3) is 5.78 Å². The van der Waals surface area contributed by atoms with E-state index >= 15 is 0 Å². The minimum absolute atomic E-state index is 0.0374. The van der Waals surface area contributed by atoms with E-state index in [1.807, 2.05) is 0 Å². The van der Waals surface area contributed by atoms with Gasteiger partial charge >= 0.3 is 5.97 Å². The lowest BCUT2D eigenvalue weighted by atomic mass is 10.2. The molecular weight excluding hydrogens is 268 g/mol. The second-order valence-electron chi connectivity index (χ2n) is 3.50. The molecule has 100 valence electrons. The number of hydrogen-bond donors (Lipinski definition) is 1. The summed E-state index contributed by atoms with van der Waals surface area (Å²) < 4.78 is 4.52. The minimum Gasteiger partial charge on any atom is -0.507 e. The molecule has 0 spiro atoms. The van der Waals surface area contributed by atoms with Gasteiger partial charge in [-0.1, -0.05) is 17.7 Å². The molecule has 0 fully saturated rings. The number of ether oxygens (including phenoxy) is 1. The summed E-state index contributed by atoms with van der Waals surface area (Å²) in [6, 6.07) is 6.53. The first kappa shape index (κ1) is 15.0.